The first-order chi connectivity index (χ1) is 12.0. The zero-order valence-electron chi connectivity index (χ0n) is 16.6. The lowest BCUT2D eigenvalue weighted by Gasteiger charge is -2.19. The second-order valence-corrected chi connectivity index (χ2v) is 9.34. The third kappa shape index (κ3) is 4.39. The molecule has 2 aromatic rings. The monoisotopic (exact) mass is 376 g/mol. The SMILES string of the molecule is COc1cc(C)c(C(C)C)cc1S(=O)(=O)Oc1ccc(C(C)(C)C)cc1. The molecule has 2 aromatic carbocycles. The van der Waals surface area contributed by atoms with Gasteiger partial charge in [0.15, 0.2) is 0 Å². The molecule has 0 radical (unpaired) electrons. The van der Waals surface area contributed by atoms with Crippen LogP contribution in [-0.4, -0.2) is 15.5 Å². The molecule has 0 atom stereocenters. The van der Waals surface area contributed by atoms with Crippen LogP contribution in [0.5, 0.6) is 11.5 Å². The molecule has 0 bridgehead atoms. The minimum atomic E-state index is -4.00. The van der Waals surface area contributed by atoms with Crippen LogP contribution in [0.2, 0.25) is 0 Å². The predicted octanol–water partition coefficient (Wildman–Crippen LogP) is 5.19. The molecule has 0 saturated heterocycles. The topological polar surface area (TPSA) is 52.6 Å². The number of benzene rings is 2. The third-order valence-corrected chi connectivity index (χ3v) is 5.64. The maximum absolute atomic E-state index is 12.8. The van der Waals surface area contributed by atoms with Crippen molar-refractivity contribution < 1.29 is 17.3 Å². The Morgan fingerprint density at radius 3 is 2.04 bits per heavy atom. The third-order valence-electron chi connectivity index (χ3n) is 4.37. The lowest BCUT2D eigenvalue weighted by atomic mass is 9.87. The molecule has 0 N–H and O–H groups in total. The van der Waals surface area contributed by atoms with Gasteiger partial charge in [-0.3, -0.25) is 0 Å². The number of hydrogen-bond acceptors (Lipinski definition) is 4. The highest BCUT2D eigenvalue weighted by atomic mass is 32.2. The summed E-state index contributed by atoms with van der Waals surface area (Å²) in [7, 11) is -2.54. The second-order valence-electron chi connectivity index (χ2n) is 7.83. The van der Waals surface area contributed by atoms with Crippen LogP contribution in [0, 0.1) is 6.92 Å². The van der Waals surface area contributed by atoms with Gasteiger partial charge >= 0.3 is 10.1 Å². The van der Waals surface area contributed by atoms with E-state index >= 15 is 0 Å². The van der Waals surface area contributed by atoms with Gasteiger partial charge in [0.25, 0.3) is 0 Å². The van der Waals surface area contributed by atoms with Crippen LogP contribution in [0.4, 0.5) is 0 Å². The van der Waals surface area contributed by atoms with Gasteiger partial charge in [-0.2, -0.15) is 8.42 Å². The molecule has 0 heterocycles. The molecule has 0 aliphatic rings. The molecule has 4 nitrogen and oxygen atoms in total. The highest BCUT2D eigenvalue weighted by molar-refractivity contribution is 7.87. The summed E-state index contributed by atoms with van der Waals surface area (Å²) in [6, 6.07) is 10.5. The summed E-state index contributed by atoms with van der Waals surface area (Å²) in [5, 5.41) is 0. The molecule has 0 fully saturated rings. The maximum Gasteiger partial charge on any atom is 0.342 e. The summed E-state index contributed by atoms with van der Waals surface area (Å²) in [5.41, 5.74) is 3.04. The lowest BCUT2D eigenvalue weighted by Crippen LogP contribution is -2.13. The van der Waals surface area contributed by atoms with Gasteiger partial charge < -0.3 is 8.92 Å². The van der Waals surface area contributed by atoms with E-state index in [1.807, 2.05) is 32.9 Å². The van der Waals surface area contributed by atoms with Crippen molar-refractivity contribution in [2.45, 2.75) is 57.8 Å². The van der Waals surface area contributed by atoms with Crippen LogP contribution >= 0.6 is 0 Å². The van der Waals surface area contributed by atoms with E-state index in [0.29, 0.717) is 5.75 Å². The first-order valence-electron chi connectivity index (χ1n) is 8.69. The van der Waals surface area contributed by atoms with Crippen molar-refractivity contribution in [1.29, 1.82) is 0 Å². The fraction of sp³-hybridized carbons (Fsp3) is 0.429. The molecule has 0 saturated carbocycles. The first-order valence-corrected chi connectivity index (χ1v) is 10.1. The van der Waals surface area contributed by atoms with Crippen molar-refractivity contribution in [3.63, 3.8) is 0 Å². The largest absolute Gasteiger partial charge is 0.495 e. The van der Waals surface area contributed by atoms with Crippen LogP contribution in [0.25, 0.3) is 0 Å². The van der Waals surface area contributed by atoms with E-state index in [2.05, 4.69) is 20.8 Å². The molecule has 2 rings (SSSR count). The predicted molar refractivity (Wildman–Crippen MR) is 105 cm³/mol. The van der Waals surface area contributed by atoms with Crippen LogP contribution in [-0.2, 0) is 15.5 Å². The normalized spacial score (nSPS) is 12.3. The number of rotatable bonds is 5. The summed E-state index contributed by atoms with van der Waals surface area (Å²) in [6.45, 7) is 12.3. The Morgan fingerprint density at radius 1 is 1.00 bits per heavy atom. The second kappa shape index (κ2) is 7.31. The van der Waals surface area contributed by atoms with Gasteiger partial charge in [-0.25, -0.2) is 0 Å². The van der Waals surface area contributed by atoms with E-state index in [1.165, 1.54) is 7.11 Å². The molecule has 0 spiro atoms. The molecule has 0 aliphatic carbocycles. The van der Waals surface area contributed by atoms with Crippen molar-refractivity contribution in [2.24, 2.45) is 0 Å². The van der Waals surface area contributed by atoms with Crippen molar-refractivity contribution >= 4 is 10.1 Å². The Labute approximate surface area is 157 Å². The zero-order chi connectivity index (χ0) is 19.7. The van der Waals surface area contributed by atoms with E-state index in [1.54, 1.807) is 24.3 Å². The minimum Gasteiger partial charge on any atom is -0.495 e. The molecular formula is C21H28O4S. The minimum absolute atomic E-state index is 0.0102. The van der Waals surface area contributed by atoms with Gasteiger partial charge in [-0.1, -0.05) is 46.8 Å². The average molecular weight is 377 g/mol. The van der Waals surface area contributed by atoms with Gasteiger partial charge in [0.05, 0.1) is 7.11 Å². The van der Waals surface area contributed by atoms with E-state index in [-0.39, 0.29) is 22.0 Å². The standard InChI is InChI=1S/C21H28O4S/c1-14(2)18-13-20(19(24-7)12-15(18)3)26(22,23)25-17-10-8-16(9-11-17)21(4,5)6/h8-14H,1-7H3. The van der Waals surface area contributed by atoms with Crippen LogP contribution in [0.3, 0.4) is 0 Å². The van der Waals surface area contributed by atoms with Gasteiger partial charge in [0.1, 0.15) is 16.4 Å². The lowest BCUT2D eigenvalue weighted by molar-refractivity contribution is 0.397. The summed E-state index contributed by atoms with van der Waals surface area (Å²) >= 11 is 0. The number of aryl methyl sites for hydroxylation is 1. The van der Waals surface area contributed by atoms with Crippen LogP contribution in [0.15, 0.2) is 41.3 Å². The number of hydrogen-bond donors (Lipinski definition) is 0. The Kier molecular flexibility index (Phi) is 5.71. The number of ether oxygens (including phenoxy) is 1. The van der Waals surface area contributed by atoms with Crippen molar-refractivity contribution in [3.05, 3.63) is 53.1 Å². The van der Waals surface area contributed by atoms with Crippen LogP contribution < -0.4 is 8.92 Å². The van der Waals surface area contributed by atoms with Gasteiger partial charge in [0, 0.05) is 0 Å². The summed E-state index contributed by atoms with van der Waals surface area (Å²) in [4.78, 5) is 0.0502. The van der Waals surface area contributed by atoms with Crippen molar-refractivity contribution in [1.82, 2.24) is 0 Å². The zero-order valence-corrected chi connectivity index (χ0v) is 17.4. The smallest absolute Gasteiger partial charge is 0.342 e. The molecule has 142 valence electrons. The molecule has 0 aromatic heterocycles. The van der Waals surface area contributed by atoms with Crippen molar-refractivity contribution in [2.75, 3.05) is 7.11 Å². The van der Waals surface area contributed by atoms with Gasteiger partial charge in [0.2, 0.25) is 0 Å². The Balaban J connectivity index is 2.43. The number of methoxy groups -OCH3 is 1. The fourth-order valence-electron chi connectivity index (χ4n) is 2.84. The molecule has 5 heteroatoms. The highest BCUT2D eigenvalue weighted by Crippen LogP contribution is 2.33. The van der Waals surface area contributed by atoms with E-state index < -0.39 is 10.1 Å². The molecule has 0 aliphatic heterocycles. The average Bonchev–Trinajstić information content (AvgIpc) is 2.53. The molecule has 26 heavy (non-hydrogen) atoms. The highest BCUT2D eigenvalue weighted by Gasteiger charge is 2.24. The maximum atomic E-state index is 12.8. The first kappa shape index (κ1) is 20.3. The van der Waals surface area contributed by atoms with Gasteiger partial charge in [-0.15, -0.1) is 0 Å². The Hall–Kier alpha value is -2.01. The van der Waals surface area contributed by atoms with Gasteiger partial charge in [-0.05, 0) is 59.2 Å². The van der Waals surface area contributed by atoms with E-state index in [9.17, 15) is 8.42 Å². The molecular weight excluding hydrogens is 348 g/mol. The summed E-state index contributed by atoms with van der Waals surface area (Å²) in [6.07, 6.45) is 0. The van der Waals surface area contributed by atoms with Crippen LogP contribution in [0.1, 0.15) is 57.2 Å². The Bertz CT molecular complexity index is 873. The fourth-order valence-corrected chi connectivity index (χ4v) is 3.95. The summed E-state index contributed by atoms with van der Waals surface area (Å²) < 4.78 is 36.3. The van der Waals surface area contributed by atoms with E-state index in [4.69, 9.17) is 8.92 Å². The quantitative estimate of drug-likeness (QED) is 0.674. The molecule has 0 amide bonds. The Morgan fingerprint density at radius 2 is 1.58 bits per heavy atom. The molecule has 0 unspecified atom stereocenters. The van der Waals surface area contributed by atoms with E-state index in [0.717, 1.165) is 16.7 Å². The van der Waals surface area contributed by atoms with Crippen molar-refractivity contribution in [3.8, 4) is 11.5 Å². The summed E-state index contributed by atoms with van der Waals surface area (Å²) in [5.74, 6) is 0.769.